The zero-order valence-electron chi connectivity index (χ0n) is 19.7. The fourth-order valence-electron chi connectivity index (χ4n) is 6.36. The van der Waals surface area contributed by atoms with E-state index in [1.807, 2.05) is 0 Å². The van der Waals surface area contributed by atoms with Gasteiger partial charge in [0.25, 0.3) is 0 Å². The SMILES string of the molecule is Cc1c2c(c(C)c3ccccc13)-c1c3c(cc4c(c3cc[n+]1C)-c1ccccc1[Si]4(C)C)O2. The monoisotopic (exact) mass is 444 g/mol. The van der Waals surface area contributed by atoms with E-state index < -0.39 is 8.07 Å². The van der Waals surface area contributed by atoms with Crippen LogP contribution < -0.4 is 19.7 Å². The van der Waals surface area contributed by atoms with E-state index in [1.54, 1.807) is 0 Å². The molecule has 0 unspecified atom stereocenters. The van der Waals surface area contributed by atoms with E-state index in [2.05, 4.69) is 105 Å². The molecule has 0 aliphatic carbocycles. The molecule has 0 amide bonds. The quantitative estimate of drug-likeness (QED) is 0.207. The number of fused-ring (bicyclic) bond motifs is 7. The molecule has 0 atom stereocenters. The third-order valence-corrected chi connectivity index (χ3v) is 11.6. The van der Waals surface area contributed by atoms with Crippen molar-refractivity contribution in [3.8, 4) is 33.9 Å². The summed E-state index contributed by atoms with van der Waals surface area (Å²) >= 11 is 0. The third-order valence-electron chi connectivity index (χ3n) is 8.05. The van der Waals surface area contributed by atoms with Crippen molar-refractivity contribution >= 4 is 40.0 Å². The van der Waals surface area contributed by atoms with E-state index in [0.717, 1.165) is 11.5 Å². The summed E-state index contributed by atoms with van der Waals surface area (Å²) in [5, 5.41) is 8.16. The van der Waals surface area contributed by atoms with Crippen molar-refractivity contribution in [1.82, 2.24) is 0 Å². The molecule has 0 saturated heterocycles. The van der Waals surface area contributed by atoms with Crippen molar-refractivity contribution in [2.24, 2.45) is 7.05 Å². The maximum absolute atomic E-state index is 6.85. The van der Waals surface area contributed by atoms with Crippen molar-refractivity contribution < 1.29 is 9.30 Å². The zero-order valence-corrected chi connectivity index (χ0v) is 20.7. The summed E-state index contributed by atoms with van der Waals surface area (Å²) in [6.07, 6.45) is 2.23. The molecule has 160 valence electrons. The molecule has 4 aromatic carbocycles. The number of pyridine rings is 1. The van der Waals surface area contributed by atoms with E-state index >= 15 is 0 Å². The van der Waals surface area contributed by atoms with E-state index in [-0.39, 0.29) is 0 Å². The number of hydrogen-bond acceptors (Lipinski definition) is 1. The van der Waals surface area contributed by atoms with Gasteiger partial charge in [-0.1, -0.05) is 61.6 Å². The van der Waals surface area contributed by atoms with Crippen LogP contribution in [0.25, 0.3) is 43.9 Å². The average Bonchev–Trinajstić information content (AvgIpc) is 3.06. The Bertz CT molecular complexity index is 1700. The Morgan fingerprint density at radius 2 is 1.45 bits per heavy atom. The third kappa shape index (κ3) is 2.21. The molecular weight excluding hydrogens is 418 g/mol. The maximum Gasteiger partial charge on any atom is 0.228 e. The highest BCUT2D eigenvalue weighted by molar-refractivity contribution is 7.04. The Labute approximate surface area is 195 Å². The van der Waals surface area contributed by atoms with Crippen LogP contribution in [0.1, 0.15) is 11.1 Å². The molecule has 2 aliphatic rings. The smallest absolute Gasteiger partial charge is 0.228 e. The predicted molar refractivity (Wildman–Crippen MR) is 140 cm³/mol. The van der Waals surface area contributed by atoms with Crippen LogP contribution in [0.5, 0.6) is 11.5 Å². The highest BCUT2D eigenvalue weighted by atomic mass is 28.3. The second kappa shape index (κ2) is 6.12. The van der Waals surface area contributed by atoms with Crippen molar-refractivity contribution in [2.45, 2.75) is 26.9 Å². The van der Waals surface area contributed by atoms with Crippen molar-refractivity contribution in [1.29, 1.82) is 0 Å². The van der Waals surface area contributed by atoms with Gasteiger partial charge in [0, 0.05) is 17.0 Å². The van der Waals surface area contributed by atoms with Gasteiger partial charge in [-0.05, 0) is 57.8 Å². The van der Waals surface area contributed by atoms with E-state index in [9.17, 15) is 0 Å². The summed E-state index contributed by atoms with van der Waals surface area (Å²) in [6, 6.07) is 22.4. The van der Waals surface area contributed by atoms with Crippen molar-refractivity contribution in [3.63, 3.8) is 0 Å². The zero-order chi connectivity index (χ0) is 22.6. The molecule has 5 aromatic rings. The lowest BCUT2D eigenvalue weighted by molar-refractivity contribution is -0.659. The molecule has 0 fully saturated rings. The molecule has 7 rings (SSSR count). The summed E-state index contributed by atoms with van der Waals surface area (Å²) in [5.74, 6) is 2.02. The van der Waals surface area contributed by atoms with Gasteiger partial charge in [-0.15, -0.1) is 0 Å². The normalized spacial score (nSPS) is 14.7. The average molecular weight is 445 g/mol. The lowest BCUT2D eigenvalue weighted by Gasteiger charge is -2.26. The highest BCUT2D eigenvalue weighted by Crippen LogP contribution is 2.51. The summed E-state index contributed by atoms with van der Waals surface area (Å²) in [7, 11) is 0.364. The number of aryl methyl sites for hydroxylation is 3. The Kier molecular flexibility index (Phi) is 3.54. The summed E-state index contributed by atoms with van der Waals surface area (Å²) < 4.78 is 9.13. The van der Waals surface area contributed by atoms with Crippen LogP contribution in [-0.4, -0.2) is 8.07 Å². The first-order chi connectivity index (χ1) is 15.9. The minimum Gasteiger partial charge on any atom is -0.455 e. The van der Waals surface area contributed by atoms with E-state index in [4.69, 9.17) is 4.74 Å². The lowest BCUT2D eigenvalue weighted by atomic mass is 9.88. The first kappa shape index (κ1) is 19.1. The topological polar surface area (TPSA) is 13.1 Å². The second-order valence-electron chi connectivity index (χ2n) is 10.1. The molecule has 0 radical (unpaired) electrons. The molecule has 0 spiro atoms. The maximum atomic E-state index is 6.85. The molecule has 0 N–H and O–H groups in total. The molecule has 3 heteroatoms. The van der Waals surface area contributed by atoms with Crippen molar-refractivity contribution in [2.75, 3.05) is 0 Å². The molecule has 1 aromatic heterocycles. The Hall–Kier alpha value is -3.43. The Balaban J connectivity index is 1.69. The summed E-state index contributed by atoms with van der Waals surface area (Å²) in [4.78, 5) is 0. The Morgan fingerprint density at radius 1 is 0.758 bits per heavy atom. The van der Waals surface area contributed by atoms with Gasteiger partial charge in [-0.25, -0.2) is 4.57 Å². The van der Waals surface area contributed by atoms with E-state index in [1.165, 1.54) is 65.4 Å². The number of hydrogen-bond donors (Lipinski definition) is 0. The lowest BCUT2D eigenvalue weighted by Crippen LogP contribution is -2.49. The van der Waals surface area contributed by atoms with Gasteiger partial charge in [0.05, 0.1) is 10.9 Å². The summed E-state index contributed by atoms with van der Waals surface area (Å²) in [5.41, 5.74) is 7.83. The molecule has 0 saturated carbocycles. The van der Waals surface area contributed by atoms with Gasteiger partial charge < -0.3 is 4.74 Å². The number of benzene rings is 4. The van der Waals surface area contributed by atoms with Crippen LogP contribution in [0.15, 0.2) is 66.9 Å². The highest BCUT2D eigenvalue weighted by Gasteiger charge is 2.41. The molecule has 0 bridgehead atoms. The molecule has 2 nitrogen and oxygen atoms in total. The van der Waals surface area contributed by atoms with Gasteiger partial charge in [-0.3, -0.25) is 0 Å². The molecular formula is C30H26NOSi+. The van der Waals surface area contributed by atoms with Gasteiger partial charge in [0.15, 0.2) is 6.20 Å². The van der Waals surface area contributed by atoms with Gasteiger partial charge >= 0.3 is 0 Å². The van der Waals surface area contributed by atoms with Crippen LogP contribution in [0.3, 0.4) is 0 Å². The first-order valence-corrected chi connectivity index (χ1v) is 14.7. The predicted octanol–water partition coefficient (Wildman–Crippen LogP) is 6.01. The second-order valence-corrected chi connectivity index (χ2v) is 14.5. The van der Waals surface area contributed by atoms with Crippen LogP contribution in [0, 0.1) is 13.8 Å². The number of rotatable bonds is 0. The number of aromatic nitrogens is 1. The van der Waals surface area contributed by atoms with Gasteiger partial charge in [-0.2, -0.15) is 0 Å². The van der Waals surface area contributed by atoms with Gasteiger partial charge in [0.2, 0.25) is 5.69 Å². The van der Waals surface area contributed by atoms with Gasteiger partial charge in [0.1, 0.15) is 26.6 Å². The minimum absolute atomic E-state index is 1.01. The van der Waals surface area contributed by atoms with E-state index in [0.29, 0.717) is 0 Å². The van der Waals surface area contributed by atoms with Crippen LogP contribution >= 0.6 is 0 Å². The van der Waals surface area contributed by atoms with Crippen LogP contribution in [0.4, 0.5) is 0 Å². The fourth-order valence-corrected chi connectivity index (χ4v) is 9.43. The van der Waals surface area contributed by atoms with Crippen LogP contribution in [0.2, 0.25) is 13.1 Å². The number of nitrogens with zero attached hydrogens (tertiary/aromatic N) is 1. The Morgan fingerprint density at radius 3 is 2.24 bits per heavy atom. The summed E-state index contributed by atoms with van der Waals surface area (Å²) in [6.45, 7) is 9.39. The molecule has 2 aliphatic heterocycles. The van der Waals surface area contributed by atoms with Crippen LogP contribution in [-0.2, 0) is 7.05 Å². The standard InChI is InChI=1S/C30H26NOSi/c1-17-19-10-6-7-11-20(19)18(2)30-26(17)29-28-22(14-15-31(29)3)27-21-12-8-9-13-24(21)33(4,5)25(27)16-23(28)32-30/h6-16H,1-5H3/q+1. The fraction of sp³-hybridized carbons (Fsp3) is 0.167. The minimum atomic E-state index is -1.80. The molecule has 33 heavy (non-hydrogen) atoms. The van der Waals surface area contributed by atoms with Crippen molar-refractivity contribution in [3.05, 3.63) is 78.0 Å². The largest absolute Gasteiger partial charge is 0.455 e. The first-order valence-electron chi connectivity index (χ1n) is 11.7. The molecule has 3 heterocycles. The number of ether oxygens (including phenoxy) is 1.